The van der Waals surface area contributed by atoms with E-state index < -0.39 is 0 Å². The number of hydrogen-bond donors (Lipinski definition) is 1. The first-order chi connectivity index (χ1) is 13.1. The zero-order chi connectivity index (χ0) is 19.2. The lowest BCUT2D eigenvalue weighted by molar-refractivity contribution is 0.220. The number of nitrogens with one attached hydrogen (secondary N) is 1. The Morgan fingerprint density at radius 3 is 2.41 bits per heavy atom. The number of amides is 2. The summed E-state index contributed by atoms with van der Waals surface area (Å²) >= 11 is 0. The van der Waals surface area contributed by atoms with E-state index in [1.807, 2.05) is 17.0 Å². The number of benzene rings is 2. The van der Waals surface area contributed by atoms with Crippen molar-refractivity contribution < 1.29 is 19.0 Å². The maximum absolute atomic E-state index is 12.7. The molecule has 0 radical (unpaired) electrons. The fourth-order valence-electron chi connectivity index (χ4n) is 3.38. The van der Waals surface area contributed by atoms with Crippen LogP contribution in [0.3, 0.4) is 0 Å². The molecule has 1 N–H and O–H groups in total. The van der Waals surface area contributed by atoms with E-state index in [1.54, 1.807) is 39.5 Å². The molecule has 2 aromatic rings. The maximum atomic E-state index is 12.7. The molecule has 1 fully saturated rings. The molecular formula is C21H26N2O4. The third-order valence-corrected chi connectivity index (χ3v) is 4.90. The van der Waals surface area contributed by atoms with Crippen molar-refractivity contribution in [2.45, 2.75) is 12.8 Å². The van der Waals surface area contributed by atoms with E-state index in [9.17, 15) is 4.79 Å². The van der Waals surface area contributed by atoms with Crippen LogP contribution >= 0.6 is 0 Å². The van der Waals surface area contributed by atoms with E-state index >= 15 is 0 Å². The van der Waals surface area contributed by atoms with E-state index in [-0.39, 0.29) is 6.03 Å². The van der Waals surface area contributed by atoms with Gasteiger partial charge >= 0.3 is 6.03 Å². The monoisotopic (exact) mass is 370 g/mol. The fourth-order valence-corrected chi connectivity index (χ4v) is 3.38. The third-order valence-electron chi connectivity index (χ3n) is 4.90. The van der Waals surface area contributed by atoms with Crippen molar-refractivity contribution >= 4 is 11.7 Å². The van der Waals surface area contributed by atoms with Gasteiger partial charge in [0.15, 0.2) is 0 Å². The van der Waals surface area contributed by atoms with E-state index in [0.29, 0.717) is 23.1 Å². The number of urea groups is 1. The predicted molar refractivity (Wildman–Crippen MR) is 105 cm³/mol. The van der Waals surface area contributed by atoms with Crippen LogP contribution in [0, 0.1) is 5.92 Å². The molecule has 0 aromatic heterocycles. The summed E-state index contributed by atoms with van der Waals surface area (Å²) in [5, 5.41) is 2.94. The van der Waals surface area contributed by atoms with Gasteiger partial charge in [0.05, 0.1) is 27.0 Å². The number of likely N-dealkylation sites (tertiary alicyclic amines) is 1. The van der Waals surface area contributed by atoms with Crippen LogP contribution in [0.25, 0.3) is 0 Å². The van der Waals surface area contributed by atoms with Crippen molar-refractivity contribution in [1.82, 2.24) is 4.90 Å². The lowest BCUT2D eigenvalue weighted by Crippen LogP contribution is -2.33. The molecule has 2 amide bonds. The fraction of sp³-hybridized carbons (Fsp3) is 0.381. The average Bonchev–Trinajstić information content (AvgIpc) is 3.17. The minimum Gasteiger partial charge on any atom is -0.497 e. The summed E-state index contributed by atoms with van der Waals surface area (Å²) in [6.07, 6.45) is 1.95. The van der Waals surface area contributed by atoms with Crippen molar-refractivity contribution in [3.05, 3.63) is 48.0 Å². The summed E-state index contributed by atoms with van der Waals surface area (Å²) < 4.78 is 15.8. The second-order valence-corrected chi connectivity index (χ2v) is 6.65. The van der Waals surface area contributed by atoms with Gasteiger partial charge in [0.25, 0.3) is 0 Å². The number of hydrogen-bond acceptors (Lipinski definition) is 4. The lowest BCUT2D eigenvalue weighted by Gasteiger charge is -2.19. The number of anilines is 1. The predicted octanol–water partition coefficient (Wildman–Crippen LogP) is 3.81. The number of carbonyl (C=O) groups is 1. The average molecular weight is 370 g/mol. The van der Waals surface area contributed by atoms with Gasteiger partial charge in [-0.3, -0.25) is 0 Å². The standard InChI is InChI=1S/C21H26N2O4/c1-25-17-6-4-15(5-7-17)12-16-10-11-23(14-16)21(24)22-19-13-18(26-2)8-9-20(19)27-3/h4-9,13,16H,10-12,14H2,1-3H3,(H,22,24). The summed E-state index contributed by atoms with van der Waals surface area (Å²) in [5.74, 6) is 2.60. The van der Waals surface area contributed by atoms with Gasteiger partial charge in [-0.25, -0.2) is 4.79 Å². The molecule has 1 saturated heterocycles. The highest BCUT2D eigenvalue weighted by molar-refractivity contribution is 5.91. The minimum absolute atomic E-state index is 0.112. The summed E-state index contributed by atoms with van der Waals surface area (Å²) in [7, 11) is 4.84. The lowest BCUT2D eigenvalue weighted by atomic mass is 9.99. The first-order valence-electron chi connectivity index (χ1n) is 9.04. The van der Waals surface area contributed by atoms with Gasteiger partial charge < -0.3 is 24.4 Å². The molecule has 1 unspecified atom stereocenters. The Bertz CT molecular complexity index is 776. The van der Waals surface area contributed by atoms with Crippen LogP contribution in [-0.4, -0.2) is 45.3 Å². The topological polar surface area (TPSA) is 60.0 Å². The Morgan fingerprint density at radius 2 is 1.74 bits per heavy atom. The molecule has 0 bridgehead atoms. The molecule has 1 heterocycles. The van der Waals surface area contributed by atoms with Gasteiger partial charge in [-0.1, -0.05) is 12.1 Å². The molecule has 0 spiro atoms. The molecule has 1 aliphatic rings. The van der Waals surface area contributed by atoms with E-state index in [1.165, 1.54) is 5.56 Å². The van der Waals surface area contributed by atoms with E-state index in [0.717, 1.165) is 31.7 Å². The van der Waals surface area contributed by atoms with Crippen molar-refractivity contribution in [1.29, 1.82) is 0 Å². The van der Waals surface area contributed by atoms with Gasteiger partial charge in [-0.15, -0.1) is 0 Å². The van der Waals surface area contributed by atoms with E-state index in [2.05, 4.69) is 17.4 Å². The maximum Gasteiger partial charge on any atom is 0.321 e. The highest BCUT2D eigenvalue weighted by atomic mass is 16.5. The molecular weight excluding hydrogens is 344 g/mol. The van der Waals surface area contributed by atoms with Gasteiger partial charge in [0.2, 0.25) is 0 Å². The number of carbonyl (C=O) groups excluding carboxylic acids is 1. The Hall–Kier alpha value is -2.89. The van der Waals surface area contributed by atoms with Crippen molar-refractivity contribution in [2.75, 3.05) is 39.7 Å². The molecule has 27 heavy (non-hydrogen) atoms. The van der Waals surface area contributed by atoms with Crippen LogP contribution in [0.1, 0.15) is 12.0 Å². The Morgan fingerprint density at radius 1 is 1.04 bits per heavy atom. The Balaban J connectivity index is 1.59. The number of nitrogens with zero attached hydrogens (tertiary/aromatic N) is 1. The first-order valence-corrected chi connectivity index (χ1v) is 9.04. The van der Waals surface area contributed by atoms with Gasteiger partial charge in [0, 0.05) is 19.2 Å². The van der Waals surface area contributed by atoms with Gasteiger partial charge in [0.1, 0.15) is 17.2 Å². The second kappa shape index (κ2) is 8.66. The minimum atomic E-state index is -0.112. The largest absolute Gasteiger partial charge is 0.497 e. The van der Waals surface area contributed by atoms with Gasteiger partial charge in [-0.2, -0.15) is 0 Å². The highest BCUT2D eigenvalue weighted by Gasteiger charge is 2.27. The third kappa shape index (κ3) is 4.64. The zero-order valence-electron chi connectivity index (χ0n) is 16.0. The molecule has 0 saturated carbocycles. The molecule has 144 valence electrons. The molecule has 6 nitrogen and oxygen atoms in total. The van der Waals surface area contributed by atoms with Crippen LogP contribution < -0.4 is 19.5 Å². The summed E-state index contributed by atoms with van der Waals surface area (Å²) in [4.78, 5) is 14.5. The van der Waals surface area contributed by atoms with Crippen molar-refractivity contribution in [2.24, 2.45) is 5.92 Å². The van der Waals surface area contributed by atoms with Crippen LogP contribution in [-0.2, 0) is 6.42 Å². The summed E-state index contributed by atoms with van der Waals surface area (Å²) in [6, 6.07) is 13.4. The highest BCUT2D eigenvalue weighted by Crippen LogP contribution is 2.30. The zero-order valence-corrected chi connectivity index (χ0v) is 16.0. The summed E-state index contributed by atoms with van der Waals surface area (Å²) in [6.45, 7) is 1.49. The second-order valence-electron chi connectivity index (χ2n) is 6.65. The van der Waals surface area contributed by atoms with Crippen LogP contribution in [0.4, 0.5) is 10.5 Å². The van der Waals surface area contributed by atoms with Crippen LogP contribution in [0.5, 0.6) is 17.2 Å². The number of rotatable bonds is 6. The molecule has 1 aliphatic heterocycles. The van der Waals surface area contributed by atoms with Gasteiger partial charge in [-0.05, 0) is 48.6 Å². The number of ether oxygens (including phenoxy) is 3. The normalized spacial score (nSPS) is 16.1. The SMILES string of the molecule is COc1ccc(CC2CCN(C(=O)Nc3cc(OC)ccc3OC)C2)cc1. The van der Waals surface area contributed by atoms with E-state index in [4.69, 9.17) is 14.2 Å². The molecule has 1 atom stereocenters. The quantitative estimate of drug-likeness (QED) is 0.840. The molecule has 2 aromatic carbocycles. The summed E-state index contributed by atoms with van der Waals surface area (Å²) in [5.41, 5.74) is 1.87. The first kappa shape index (κ1) is 18.9. The smallest absolute Gasteiger partial charge is 0.321 e. The van der Waals surface area contributed by atoms with Crippen molar-refractivity contribution in [3.63, 3.8) is 0 Å². The van der Waals surface area contributed by atoms with Crippen LogP contribution in [0.15, 0.2) is 42.5 Å². The van der Waals surface area contributed by atoms with Crippen molar-refractivity contribution in [3.8, 4) is 17.2 Å². The molecule has 6 heteroatoms. The number of methoxy groups -OCH3 is 3. The van der Waals surface area contributed by atoms with Crippen LogP contribution in [0.2, 0.25) is 0 Å². The molecule has 0 aliphatic carbocycles. The Kier molecular flexibility index (Phi) is 6.06. The Labute approximate surface area is 160 Å². The molecule has 3 rings (SSSR count).